The van der Waals surface area contributed by atoms with Gasteiger partial charge in [0.1, 0.15) is 0 Å². The second kappa shape index (κ2) is 12.6. The van der Waals surface area contributed by atoms with Gasteiger partial charge in [0, 0.05) is 0 Å². The summed E-state index contributed by atoms with van der Waals surface area (Å²) in [6.07, 6.45) is 17.3. The molecule has 1 aliphatic carbocycles. The van der Waals surface area contributed by atoms with Gasteiger partial charge in [-0.05, 0) is 94.2 Å². The molecule has 0 heteroatoms. The molecule has 1 saturated carbocycles. The van der Waals surface area contributed by atoms with Crippen LogP contribution in [0, 0.1) is 12.8 Å². The SMILES string of the molecule is C=C/C=C(\C=C/c1ccc(-c2ccc(C(C)C)cc2)cc1)c1cccc(/C(C=C)=C(/C=C\C)C2CC2)c1C. The Morgan fingerprint density at radius 3 is 2.03 bits per heavy atom. The molecule has 0 unspecified atom stereocenters. The van der Waals surface area contributed by atoms with Gasteiger partial charge in [0.2, 0.25) is 0 Å². The van der Waals surface area contributed by atoms with Crippen molar-refractivity contribution in [1.29, 1.82) is 0 Å². The standard InChI is InChI=1S/C38H40/c1-7-11-33(20-17-29-15-18-31(19-16-29)32-23-21-30(22-24-32)27(4)5)36-13-10-14-37(28(36)6)35(9-3)38(12-8-2)34-25-26-34/h7-24,27,34H,1,3,25-26H2,2,4-6H3/b12-8-,20-17-,33-11+,38-35-. The largest absolute Gasteiger partial charge is 0.0990 e. The number of allylic oxidation sites excluding steroid dienone is 9. The minimum Gasteiger partial charge on any atom is -0.0990 e. The predicted molar refractivity (Wildman–Crippen MR) is 169 cm³/mol. The molecule has 38 heavy (non-hydrogen) atoms. The Hall–Kier alpha value is -3.90. The van der Waals surface area contributed by atoms with Crippen LogP contribution in [0.25, 0.3) is 28.3 Å². The van der Waals surface area contributed by atoms with Crippen LogP contribution >= 0.6 is 0 Å². The van der Waals surface area contributed by atoms with Gasteiger partial charge in [-0.3, -0.25) is 0 Å². The van der Waals surface area contributed by atoms with E-state index in [0.29, 0.717) is 11.8 Å². The van der Waals surface area contributed by atoms with Crippen molar-refractivity contribution >= 4 is 17.2 Å². The average Bonchev–Trinajstić information content (AvgIpc) is 3.78. The molecule has 3 aromatic rings. The van der Waals surface area contributed by atoms with E-state index in [1.54, 1.807) is 0 Å². The van der Waals surface area contributed by atoms with Gasteiger partial charge in [-0.2, -0.15) is 0 Å². The van der Waals surface area contributed by atoms with Crippen molar-refractivity contribution in [3.05, 3.63) is 150 Å². The fourth-order valence-corrected chi connectivity index (χ4v) is 5.04. The third-order valence-electron chi connectivity index (χ3n) is 7.39. The second-order valence-corrected chi connectivity index (χ2v) is 10.4. The van der Waals surface area contributed by atoms with E-state index in [0.717, 1.165) is 5.57 Å². The molecule has 1 aliphatic rings. The lowest BCUT2D eigenvalue weighted by atomic mass is 9.88. The first kappa shape index (κ1) is 27.1. The summed E-state index contributed by atoms with van der Waals surface area (Å²) in [5, 5.41) is 0. The lowest BCUT2D eigenvalue weighted by Gasteiger charge is -2.16. The van der Waals surface area contributed by atoms with Gasteiger partial charge in [0.25, 0.3) is 0 Å². The number of benzene rings is 3. The van der Waals surface area contributed by atoms with Gasteiger partial charge in [-0.25, -0.2) is 0 Å². The number of hydrogen-bond donors (Lipinski definition) is 0. The van der Waals surface area contributed by atoms with Gasteiger partial charge in [-0.1, -0.05) is 136 Å². The zero-order valence-corrected chi connectivity index (χ0v) is 23.4. The zero-order chi connectivity index (χ0) is 27.1. The highest BCUT2D eigenvalue weighted by Gasteiger charge is 2.27. The van der Waals surface area contributed by atoms with Crippen LogP contribution in [0.3, 0.4) is 0 Å². The third kappa shape index (κ3) is 6.32. The fraction of sp³-hybridized carbons (Fsp3) is 0.211. The first-order chi connectivity index (χ1) is 18.5. The van der Waals surface area contributed by atoms with Gasteiger partial charge in [0.05, 0.1) is 0 Å². The zero-order valence-electron chi connectivity index (χ0n) is 23.4. The van der Waals surface area contributed by atoms with Crippen molar-refractivity contribution < 1.29 is 0 Å². The van der Waals surface area contributed by atoms with E-state index < -0.39 is 0 Å². The fourth-order valence-electron chi connectivity index (χ4n) is 5.04. The van der Waals surface area contributed by atoms with Crippen molar-refractivity contribution in [3.8, 4) is 11.1 Å². The van der Waals surface area contributed by atoms with E-state index in [4.69, 9.17) is 0 Å². The lowest BCUT2D eigenvalue weighted by Crippen LogP contribution is -1.97. The Bertz CT molecular complexity index is 1400. The number of hydrogen-bond acceptors (Lipinski definition) is 0. The molecule has 0 atom stereocenters. The van der Waals surface area contributed by atoms with Crippen LogP contribution in [-0.4, -0.2) is 0 Å². The highest BCUT2D eigenvalue weighted by atomic mass is 14.3. The summed E-state index contributed by atoms with van der Waals surface area (Å²) >= 11 is 0. The first-order valence-corrected chi connectivity index (χ1v) is 13.8. The van der Waals surface area contributed by atoms with Crippen LogP contribution in [0.4, 0.5) is 0 Å². The molecule has 3 aromatic carbocycles. The van der Waals surface area contributed by atoms with Crippen LogP contribution in [-0.2, 0) is 0 Å². The minimum atomic E-state index is 0.548. The monoisotopic (exact) mass is 496 g/mol. The van der Waals surface area contributed by atoms with Crippen molar-refractivity contribution in [1.82, 2.24) is 0 Å². The Balaban J connectivity index is 1.62. The van der Waals surface area contributed by atoms with Crippen LogP contribution in [0.5, 0.6) is 0 Å². The van der Waals surface area contributed by atoms with Crippen LogP contribution in [0.2, 0.25) is 0 Å². The first-order valence-electron chi connectivity index (χ1n) is 13.8. The van der Waals surface area contributed by atoms with E-state index in [-0.39, 0.29) is 0 Å². The Kier molecular flexibility index (Phi) is 8.98. The maximum Gasteiger partial charge on any atom is -0.0146 e. The Morgan fingerprint density at radius 2 is 1.47 bits per heavy atom. The van der Waals surface area contributed by atoms with Crippen molar-refractivity contribution in [2.45, 2.75) is 46.5 Å². The average molecular weight is 497 g/mol. The van der Waals surface area contributed by atoms with Gasteiger partial charge < -0.3 is 0 Å². The minimum absolute atomic E-state index is 0.548. The van der Waals surface area contributed by atoms with E-state index in [9.17, 15) is 0 Å². The predicted octanol–water partition coefficient (Wildman–Crippen LogP) is 11.0. The van der Waals surface area contributed by atoms with Crippen molar-refractivity contribution in [2.24, 2.45) is 5.92 Å². The highest BCUT2D eigenvalue weighted by molar-refractivity contribution is 5.87. The summed E-state index contributed by atoms with van der Waals surface area (Å²) in [6, 6.07) is 24.3. The summed E-state index contributed by atoms with van der Waals surface area (Å²) in [6.45, 7) is 16.9. The Morgan fingerprint density at radius 1 is 0.842 bits per heavy atom. The molecule has 0 nitrogen and oxygen atoms in total. The quantitative estimate of drug-likeness (QED) is 0.245. The molecule has 0 heterocycles. The van der Waals surface area contributed by atoms with Gasteiger partial charge in [-0.15, -0.1) is 0 Å². The molecule has 0 aromatic heterocycles. The maximum atomic E-state index is 4.18. The molecular weight excluding hydrogens is 456 g/mol. The Labute approximate surface area is 230 Å². The molecular formula is C38H40. The van der Waals surface area contributed by atoms with Gasteiger partial charge in [0.15, 0.2) is 0 Å². The van der Waals surface area contributed by atoms with E-state index in [1.165, 1.54) is 62.9 Å². The van der Waals surface area contributed by atoms with E-state index in [2.05, 4.69) is 138 Å². The molecule has 4 rings (SSSR count). The number of rotatable bonds is 10. The molecule has 0 bridgehead atoms. The molecule has 0 aliphatic heterocycles. The molecule has 0 N–H and O–H groups in total. The van der Waals surface area contributed by atoms with Crippen LogP contribution in [0.15, 0.2) is 122 Å². The summed E-state index contributed by atoms with van der Waals surface area (Å²) in [4.78, 5) is 0. The molecule has 192 valence electrons. The van der Waals surface area contributed by atoms with Crippen LogP contribution in [0.1, 0.15) is 67.3 Å². The van der Waals surface area contributed by atoms with Crippen molar-refractivity contribution in [2.75, 3.05) is 0 Å². The third-order valence-corrected chi connectivity index (χ3v) is 7.39. The summed E-state index contributed by atoms with van der Waals surface area (Å²) in [5.74, 6) is 1.20. The maximum absolute atomic E-state index is 4.18. The summed E-state index contributed by atoms with van der Waals surface area (Å²) in [5.41, 5.74) is 12.6. The van der Waals surface area contributed by atoms with E-state index in [1.807, 2.05) is 12.2 Å². The summed E-state index contributed by atoms with van der Waals surface area (Å²) < 4.78 is 0. The van der Waals surface area contributed by atoms with Crippen molar-refractivity contribution in [3.63, 3.8) is 0 Å². The smallest absolute Gasteiger partial charge is 0.0146 e. The topological polar surface area (TPSA) is 0 Å². The summed E-state index contributed by atoms with van der Waals surface area (Å²) in [7, 11) is 0. The van der Waals surface area contributed by atoms with Gasteiger partial charge >= 0.3 is 0 Å². The highest BCUT2D eigenvalue weighted by Crippen LogP contribution is 2.42. The van der Waals surface area contributed by atoms with E-state index >= 15 is 0 Å². The lowest BCUT2D eigenvalue weighted by molar-refractivity contribution is 0.867. The molecule has 0 amide bonds. The molecule has 1 fully saturated rings. The van der Waals surface area contributed by atoms with Crippen LogP contribution < -0.4 is 0 Å². The normalized spacial score (nSPS) is 14.8. The molecule has 0 spiro atoms. The molecule has 0 saturated heterocycles. The second-order valence-electron chi connectivity index (χ2n) is 10.4. The molecule has 0 radical (unpaired) electrons.